The number of ether oxygens (including phenoxy) is 1. The molecule has 0 aliphatic rings. The molecule has 0 heterocycles. The lowest BCUT2D eigenvalue weighted by Gasteiger charge is -2.17. The quantitative estimate of drug-likeness (QED) is 0.806. The molecule has 0 saturated heterocycles. The Kier molecular flexibility index (Phi) is 6.26. The molecular formula is C15H23NO2. The van der Waals surface area contributed by atoms with E-state index in [1.54, 1.807) is 6.92 Å². The summed E-state index contributed by atoms with van der Waals surface area (Å²) in [6.45, 7) is 6.79. The number of benzene rings is 1. The summed E-state index contributed by atoms with van der Waals surface area (Å²) in [5, 5.41) is 2.94. The molecule has 1 unspecified atom stereocenters. The first kappa shape index (κ1) is 14.6. The van der Waals surface area contributed by atoms with Gasteiger partial charge in [0.1, 0.15) is 5.75 Å². The van der Waals surface area contributed by atoms with E-state index in [-0.39, 0.29) is 5.91 Å². The van der Waals surface area contributed by atoms with Crippen LogP contribution in [0.25, 0.3) is 0 Å². The van der Waals surface area contributed by atoms with Gasteiger partial charge in [0.2, 0.25) is 0 Å². The van der Waals surface area contributed by atoms with Crippen LogP contribution in [0.5, 0.6) is 5.75 Å². The van der Waals surface area contributed by atoms with E-state index in [1.165, 1.54) is 0 Å². The number of carbonyl (C=O) groups excluding carboxylic acids is 1. The number of hydrogen-bond acceptors (Lipinski definition) is 2. The number of amides is 1. The lowest BCUT2D eigenvalue weighted by atomic mass is 10.0. The fourth-order valence-electron chi connectivity index (χ4n) is 1.72. The molecule has 1 aromatic rings. The van der Waals surface area contributed by atoms with Gasteiger partial charge in [-0.1, -0.05) is 44.9 Å². The smallest absolute Gasteiger partial charge is 0.260 e. The van der Waals surface area contributed by atoms with E-state index in [0.29, 0.717) is 5.92 Å². The highest BCUT2D eigenvalue weighted by Gasteiger charge is 2.15. The molecule has 1 aromatic carbocycles. The van der Waals surface area contributed by atoms with Crippen molar-refractivity contribution in [3.63, 3.8) is 0 Å². The Hall–Kier alpha value is -1.51. The maximum Gasteiger partial charge on any atom is 0.260 e. The molecular weight excluding hydrogens is 226 g/mol. The summed E-state index contributed by atoms with van der Waals surface area (Å²) in [5.41, 5.74) is 0. The molecule has 1 amide bonds. The molecule has 1 rings (SSSR count). The lowest BCUT2D eigenvalue weighted by molar-refractivity contribution is -0.127. The molecule has 3 nitrogen and oxygen atoms in total. The van der Waals surface area contributed by atoms with E-state index < -0.39 is 6.10 Å². The average Bonchev–Trinajstić information content (AvgIpc) is 2.40. The highest BCUT2D eigenvalue weighted by atomic mass is 16.5. The van der Waals surface area contributed by atoms with Gasteiger partial charge in [-0.2, -0.15) is 0 Å². The van der Waals surface area contributed by atoms with Gasteiger partial charge in [0.05, 0.1) is 0 Å². The number of hydrogen-bond donors (Lipinski definition) is 1. The van der Waals surface area contributed by atoms with E-state index in [2.05, 4.69) is 19.2 Å². The molecule has 0 fully saturated rings. The largest absolute Gasteiger partial charge is 0.481 e. The van der Waals surface area contributed by atoms with Crippen LogP contribution in [-0.2, 0) is 4.79 Å². The molecule has 0 radical (unpaired) electrons. The zero-order valence-electron chi connectivity index (χ0n) is 11.5. The fourth-order valence-corrected chi connectivity index (χ4v) is 1.72. The van der Waals surface area contributed by atoms with Crippen molar-refractivity contribution in [3.05, 3.63) is 30.3 Å². The van der Waals surface area contributed by atoms with Gasteiger partial charge in [0.15, 0.2) is 6.10 Å². The van der Waals surface area contributed by atoms with Crippen LogP contribution in [0.2, 0.25) is 0 Å². The second-order valence-electron chi connectivity index (χ2n) is 4.50. The number of para-hydroxylation sites is 1. The van der Waals surface area contributed by atoms with Gasteiger partial charge in [0.25, 0.3) is 5.91 Å². The second-order valence-corrected chi connectivity index (χ2v) is 4.50. The minimum atomic E-state index is -0.457. The zero-order chi connectivity index (χ0) is 13.4. The molecule has 3 heteroatoms. The van der Waals surface area contributed by atoms with E-state index >= 15 is 0 Å². The van der Waals surface area contributed by atoms with Crippen LogP contribution >= 0.6 is 0 Å². The molecule has 0 spiro atoms. The van der Waals surface area contributed by atoms with Crippen LogP contribution in [0, 0.1) is 5.92 Å². The average molecular weight is 249 g/mol. The Morgan fingerprint density at radius 1 is 1.22 bits per heavy atom. The van der Waals surface area contributed by atoms with E-state index in [0.717, 1.165) is 25.1 Å². The monoisotopic (exact) mass is 249 g/mol. The van der Waals surface area contributed by atoms with Crippen LogP contribution < -0.4 is 10.1 Å². The summed E-state index contributed by atoms with van der Waals surface area (Å²) in [5.74, 6) is 1.23. The van der Waals surface area contributed by atoms with Crippen LogP contribution in [0.3, 0.4) is 0 Å². The van der Waals surface area contributed by atoms with Gasteiger partial charge >= 0.3 is 0 Å². The molecule has 0 aliphatic carbocycles. The van der Waals surface area contributed by atoms with Gasteiger partial charge in [-0.3, -0.25) is 4.79 Å². The van der Waals surface area contributed by atoms with Crippen LogP contribution in [-0.4, -0.2) is 18.6 Å². The van der Waals surface area contributed by atoms with Crippen LogP contribution in [0.4, 0.5) is 0 Å². The third kappa shape index (κ3) is 4.78. The zero-order valence-corrected chi connectivity index (χ0v) is 11.5. The van der Waals surface area contributed by atoms with Crippen molar-refractivity contribution in [3.8, 4) is 5.75 Å². The minimum Gasteiger partial charge on any atom is -0.481 e. The summed E-state index contributed by atoms with van der Waals surface area (Å²) in [4.78, 5) is 11.8. The third-order valence-electron chi connectivity index (χ3n) is 3.14. The topological polar surface area (TPSA) is 38.3 Å². The summed E-state index contributed by atoms with van der Waals surface area (Å²) in [7, 11) is 0. The first-order chi connectivity index (χ1) is 8.67. The summed E-state index contributed by atoms with van der Waals surface area (Å²) >= 11 is 0. The van der Waals surface area contributed by atoms with Crippen molar-refractivity contribution in [2.24, 2.45) is 5.92 Å². The second kappa shape index (κ2) is 7.75. The SMILES string of the molecule is CCC(CC)CNC(=O)C(C)Oc1ccccc1. The number of carbonyl (C=O) groups is 1. The summed E-state index contributed by atoms with van der Waals surface area (Å²) < 4.78 is 5.56. The van der Waals surface area contributed by atoms with Gasteiger partial charge in [-0.25, -0.2) is 0 Å². The number of nitrogens with one attached hydrogen (secondary N) is 1. The molecule has 1 N–H and O–H groups in total. The first-order valence-corrected chi connectivity index (χ1v) is 6.66. The molecule has 18 heavy (non-hydrogen) atoms. The molecule has 0 saturated carbocycles. The van der Waals surface area contributed by atoms with Crippen molar-refractivity contribution in [2.45, 2.75) is 39.7 Å². The van der Waals surface area contributed by atoms with Crippen molar-refractivity contribution in [1.29, 1.82) is 0 Å². The van der Waals surface area contributed by atoms with E-state index in [9.17, 15) is 4.79 Å². The third-order valence-corrected chi connectivity index (χ3v) is 3.14. The minimum absolute atomic E-state index is 0.0502. The van der Waals surface area contributed by atoms with Crippen molar-refractivity contribution < 1.29 is 9.53 Å². The first-order valence-electron chi connectivity index (χ1n) is 6.66. The molecule has 1 atom stereocenters. The molecule has 0 bridgehead atoms. The molecule has 0 aliphatic heterocycles. The lowest BCUT2D eigenvalue weighted by Crippen LogP contribution is -2.38. The van der Waals surface area contributed by atoms with Crippen LogP contribution in [0.1, 0.15) is 33.6 Å². The normalized spacial score (nSPS) is 12.2. The van der Waals surface area contributed by atoms with Crippen molar-refractivity contribution >= 4 is 5.91 Å². The van der Waals surface area contributed by atoms with Gasteiger partial charge in [-0.15, -0.1) is 0 Å². The van der Waals surface area contributed by atoms with E-state index in [4.69, 9.17) is 4.74 Å². The molecule has 0 aromatic heterocycles. The standard InChI is InChI=1S/C15H23NO2/c1-4-13(5-2)11-16-15(17)12(3)18-14-9-7-6-8-10-14/h6-10,12-13H,4-5,11H2,1-3H3,(H,16,17). The predicted octanol–water partition coefficient (Wildman–Crippen LogP) is 3.01. The summed E-state index contributed by atoms with van der Waals surface area (Å²) in [6, 6.07) is 9.41. The van der Waals surface area contributed by atoms with Crippen molar-refractivity contribution in [1.82, 2.24) is 5.32 Å². The predicted molar refractivity (Wildman–Crippen MR) is 73.6 cm³/mol. The maximum absolute atomic E-state index is 11.8. The van der Waals surface area contributed by atoms with E-state index in [1.807, 2.05) is 30.3 Å². The highest BCUT2D eigenvalue weighted by molar-refractivity contribution is 5.80. The Labute approximate surface area is 110 Å². The molecule has 100 valence electrons. The van der Waals surface area contributed by atoms with Gasteiger partial charge < -0.3 is 10.1 Å². The van der Waals surface area contributed by atoms with Gasteiger partial charge in [-0.05, 0) is 25.0 Å². The van der Waals surface area contributed by atoms with Gasteiger partial charge in [0, 0.05) is 6.54 Å². The maximum atomic E-state index is 11.8. The fraction of sp³-hybridized carbons (Fsp3) is 0.533. The Bertz CT molecular complexity index is 347. The van der Waals surface area contributed by atoms with Crippen LogP contribution in [0.15, 0.2) is 30.3 Å². The Morgan fingerprint density at radius 3 is 2.39 bits per heavy atom. The number of rotatable bonds is 7. The highest BCUT2D eigenvalue weighted by Crippen LogP contribution is 2.11. The Balaban J connectivity index is 2.37. The van der Waals surface area contributed by atoms with Crippen molar-refractivity contribution in [2.75, 3.05) is 6.54 Å². The summed E-state index contributed by atoms with van der Waals surface area (Å²) in [6.07, 6.45) is 1.72. The Morgan fingerprint density at radius 2 is 1.83 bits per heavy atom.